The monoisotopic (exact) mass is 282 g/mol. The molecule has 0 saturated heterocycles. The molecular formula is C14H18O4S. The summed E-state index contributed by atoms with van der Waals surface area (Å²) >= 11 is 1.86. The fourth-order valence-electron chi connectivity index (χ4n) is 2.65. The molecule has 5 heteroatoms. The second kappa shape index (κ2) is 5.74. The summed E-state index contributed by atoms with van der Waals surface area (Å²) in [5.41, 5.74) is 3.82. The zero-order chi connectivity index (χ0) is 14.8. The van der Waals surface area contributed by atoms with Crippen molar-refractivity contribution in [1.29, 1.82) is 0 Å². The molecule has 0 bridgehead atoms. The lowest BCUT2D eigenvalue weighted by atomic mass is 9.77. The van der Waals surface area contributed by atoms with Gasteiger partial charge in [0.05, 0.1) is 5.56 Å². The molecule has 2 rings (SSSR count). The fourth-order valence-corrected chi connectivity index (χ4v) is 4.33. The summed E-state index contributed by atoms with van der Waals surface area (Å²) in [6.07, 6.45) is 1.11. The lowest BCUT2D eigenvalue weighted by Crippen LogP contribution is -2.26. The van der Waals surface area contributed by atoms with Crippen molar-refractivity contribution in [2.24, 2.45) is 0 Å². The second-order valence-electron chi connectivity index (χ2n) is 5.36. The summed E-state index contributed by atoms with van der Waals surface area (Å²) in [4.78, 5) is 26.6. The quantitative estimate of drug-likeness (QED) is 0.847. The van der Waals surface area contributed by atoms with Crippen LogP contribution in [0.3, 0.4) is 0 Å². The summed E-state index contributed by atoms with van der Waals surface area (Å²) in [6.45, 7) is 8.38. The van der Waals surface area contributed by atoms with Crippen molar-refractivity contribution in [3.63, 3.8) is 0 Å². The van der Waals surface area contributed by atoms with Gasteiger partial charge in [-0.15, -0.1) is 11.8 Å². The third kappa shape index (κ3) is 2.81. The van der Waals surface area contributed by atoms with Crippen LogP contribution in [-0.4, -0.2) is 16.8 Å². The molecular weight excluding hydrogens is 264 g/mol. The highest BCUT2D eigenvalue weighted by molar-refractivity contribution is 7.99. The Kier molecular flexibility index (Phi) is 4.74. The number of carbonyl (C=O) groups is 1. The summed E-state index contributed by atoms with van der Waals surface area (Å²) in [7, 11) is 0. The van der Waals surface area contributed by atoms with Crippen molar-refractivity contribution < 1.29 is 9.90 Å². The van der Waals surface area contributed by atoms with Gasteiger partial charge >= 0.3 is 5.97 Å². The van der Waals surface area contributed by atoms with Gasteiger partial charge in [0.2, 0.25) is 0 Å². The molecule has 0 atom stereocenters. The maximum absolute atomic E-state index is 11.3. The molecule has 1 heterocycles. The molecule has 104 valence electrons. The summed E-state index contributed by atoms with van der Waals surface area (Å²) < 4.78 is 0. The third-order valence-electron chi connectivity index (χ3n) is 3.61. The Balaban J connectivity index is 0.000000861. The van der Waals surface area contributed by atoms with Gasteiger partial charge in [-0.25, -0.2) is 4.79 Å². The van der Waals surface area contributed by atoms with E-state index in [0.29, 0.717) is 5.56 Å². The fraction of sp³-hybridized carbons (Fsp3) is 0.500. The Morgan fingerprint density at radius 2 is 1.89 bits per heavy atom. The van der Waals surface area contributed by atoms with E-state index in [9.17, 15) is 9.90 Å². The number of carboxylic acids is 1. The van der Waals surface area contributed by atoms with Crippen LogP contribution in [0, 0.1) is 23.8 Å². The molecule has 1 N–H and O–H groups in total. The number of thioether (sulfide) groups is 1. The van der Waals surface area contributed by atoms with Gasteiger partial charge in [-0.2, -0.15) is 0 Å². The van der Waals surface area contributed by atoms with Crippen LogP contribution in [0.25, 0.3) is 0 Å². The van der Waals surface area contributed by atoms with Gasteiger partial charge in [-0.3, -0.25) is 0 Å². The highest BCUT2D eigenvalue weighted by atomic mass is 32.2. The van der Waals surface area contributed by atoms with Gasteiger partial charge in [0, 0.05) is 14.8 Å². The summed E-state index contributed by atoms with van der Waals surface area (Å²) in [6, 6.07) is 1.81. The highest BCUT2D eigenvalue weighted by Gasteiger charge is 2.32. The van der Waals surface area contributed by atoms with Crippen molar-refractivity contribution in [3.05, 3.63) is 38.2 Å². The number of fused-ring (bicyclic) bond motifs is 1. The topological polar surface area (TPSA) is 71.4 Å². The molecule has 0 saturated carbocycles. The van der Waals surface area contributed by atoms with Gasteiger partial charge < -0.3 is 5.11 Å². The van der Waals surface area contributed by atoms with E-state index in [4.69, 9.17) is 9.93 Å². The van der Waals surface area contributed by atoms with Crippen LogP contribution in [0.15, 0.2) is 11.0 Å². The smallest absolute Gasteiger partial charge is 0.335 e. The minimum Gasteiger partial charge on any atom is -0.478 e. The van der Waals surface area contributed by atoms with E-state index in [1.165, 1.54) is 10.5 Å². The molecule has 0 amide bonds. The molecule has 0 spiro atoms. The van der Waals surface area contributed by atoms with E-state index in [-0.39, 0.29) is 5.41 Å². The predicted molar refractivity (Wildman–Crippen MR) is 78.0 cm³/mol. The maximum Gasteiger partial charge on any atom is 0.335 e. The molecule has 0 fully saturated rings. The first-order valence-corrected chi connectivity index (χ1v) is 7.00. The Morgan fingerprint density at radius 3 is 2.42 bits per heavy atom. The van der Waals surface area contributed by atoms with Gasteiger partial charge in [-0.1, -0.05) is 13.8 Å². The number of aromatic carboxylic acids is 1. The Hall–Kier alpha value is -1.36. The van der Waals surface area contributed by atoms with Gasteiger partial charge in [0.25, 0.3) is 0 Å². The minimum atomic E-state index is -0.820. The van der Waals surface area contributed by atoms with Gasteiger partial charge in [-0.05, 0) is 54.2 Å². The Morgan fingerprint density at radius 1 is 1.32 bits per heavy atom. The van der Waals surface area contributed by atoms with Crippen LogP contribution >= 0.6 is 11.8 Å². The third-order valence-corrected chi connectivity index (χ3v) is 4.83. The molecule has 0 unspecified atom stereocenters. The number of carboxylic acid groups (broad SMARTS) is 1. The average molecular weight is 282 g/mol. The van der Waals surface area contributed by atoms with Crippen molar-refractivity contribution >= 4 is 17.7 Å². The average Bonchev–Trinajstić information content (AvgIpc) is 2.34. The molecule has 0 radical (unpaired) electrons. The van der Waals surface area contributed by atoms with Crippen molar-refractivity contribution in [2.75, 3.05) is 5.75 Å². The van der Waals surface area contributed by atoms with Crippen LogP contribution in [0.4, 0.5) is 0 Å². The molecule has 1 aliphatic heterocycles. The number of rotatable bonds is 1. The molecule has 0 aliphatic carbocycles. The largest absolute Gasteiger partial charge is 0.478 e. The lowest BCUT2D eigenvalue weighted by Gasteiger charge is -2.35. The first-order valence-electron chi connectivity index (χ1n) is 6.02. The van der Waals surface area contributed by atoms with E-state index in [1.54, 1.807) is 0 Å². The molecule has 19 heavy (non-hydrogen) atoms. The number of hydrogen-bond donors (Lipinski definition) is 1. The molecule has 1 aromatic carbocycles. The normalized spacial score (nSPS) is 16.0. The van der Waals surface area contributed by atoms with E-state index in [1.807, 2.05) is 31.7 Å². The first kappa shape index (κ1) is 15.7. The Labute approximate surface area is 116 Å². The van der Waals surface area contributed by atoms with Crippen LogP contribution in [0.2, 0.25) is 0 Å². The van der Waals surface area contributed by atoms with Gasteiger partial charge in [0.1, 0.15) is 0 Å². The van der Waals surface area contributed by atoms with E-state index >= 15 is 0 Å². The van der Waals surface area contributed by atoms with Crippen LogP contribution in [0.1, 0.15) is 47.3 Å². The highest BCUT2D eigenvalue weighted by Crippen LogP contribution is 2.45. The van der Waals surface area contributed by atoms with Crippen molar-refractivity contribution in [3.8, 4) is 0 Å². The standard InChI is InChI=1S/C14H18O2S.O2/c1-8-7-10(13(15)16)9(2)11-12(8)17-6-5-14(11,3)4;1-2/h7H,5-6H2,1-4H3,(H,15,16);. The van der Waals surface area contributed by atoms with Crippen molar-refractivity contribution in [1.82, 2.24) is 0 Å². The zero-order valence-electron chi connectivity index (χ0n) is 11.6. The number of aryl methyl sites for hydroxylation is 1. The molecule has 1 aliphatic rings. The van der Waals surface area contributed by atoms with Crippen LogP contribution in [-0.2, 0) is 5.41 Å². The van der Waals surface area contributed by atoms with E-state index in [2.05, 4.69) is 13.8 Å². The van der Waals surface area contributed by atoms with Gasteiger partial charge in [0.15, 0.2) is 0 Å². The van der Waals surface area contributed by atoms with E-state index in [0.717, 1.165) is 23.3 Å². The van der Waals surface area contributed by atoms with Crippen LogP contribution in [0.5, 0.6) is 0 Å². The first-order chi connectivity index (χ1) is 8.84. The second-order valence-corrected chi connectivity index (χ2v) is 6.46. The molecule has 4 nitrogen and oxygen atoms in total. The number of benzene rings is 1. The van der Waals surface area contributed by atoms with Crippen LogP contribution < -0.4 is 0 Å². The molecule has 0 aromatic heterocycles. The predicted octanol–water partition coefficient (Wildman–Crippen LogP) is 3.84. The molecule has 1 aromatic rings. The number of hydrogen-bond acceptors (Lipinski definition) is 4. The maximum atomic E-state index is 11.3. The SMILES string of the molecule is Cc1cc(C(=O)O)c(C)c2c1SCCC2(C)C.O=O. The minimum absolute atomic E-state index is 0.0842. The zero-order valence-corrected chi connectivity index (χ0v) is 12.4. The summed E-state index contributed by atoms with van der Waals surface area (Å²) in [5.74, 6) is 0.298. The Bertz CT molecular complexity index is 509. The summed E-state index contributed by atoms with van der Waals surface area (Å²) in [5, 5.41) is 9.26. The van der Waals surface area contributed by atoms with Crippen molar-refractivity contribution in [2.45, 2.75) is 44.4 Å². The lowest BCUT2D eigenvalue weighted by molar-refractivity contribution is 0.0695. The van der Waals surface area contributed by atoms with E-state index < -0.39 is 5.97 Å².